The number of carbonyl (C=O) groups excluding carboxylic acids is 1. The largest absolute Gasteiger partial charge is 0.468 e. The van der Waals surface area contributed by atoms with Crippen LogP contribution in [0.15, 0.2) is 78.9 Å². The van der Waals surface area contributed by atoms with Crippen LogP contribution in [0.2, 0.25) is 0 Å². The number of imidazole rings is 1. The molecule has 1 heterocycles. The van der Waals surface area contributed by atoms with Gasteiger partial charge >= 0.3 is 5.97 Å². The molecule has 4 heteroatoms. The number of hydrogen-bond acceptors (Lipinski definition) is 3. The lowest BCUT2D eigenvalue weighted by Crippen LogP contribution is -2.14. The van der Waals surface area contributed by atoms with Crippen molar-refractivity contribution < 1.29 is 9.53 Å². The molecule has 0 aliphatic carbocycles. The average molecular weight is 356 g/mol. The molecule has 4 rings (SSSR count). The third kappa shape index (κ3) is 3.60. The van der Waals surface area contributed by atoms with Crippen molar-refractivity contribution in [1.29, 1.82) is 0 Å². The van der Waals surface area contributed by atoms with Crippen molar-refractivity contribution in [3.05, 3.63) is 90.3 Å². The van der Waals surface area contributed by atoms with Gasteiger partial charge in [-0.2, -0.15) is 0 Å². The van der Waals surface area contributed by atoms with Crippen LogP contribution in [0.25, 0.3) is 22.2 Å². The van der Waals surface area contributed by atoms with Crippen molar-refractivity contribution in [2.45, 2.75) is 13.0 Å². The van der Waals surface area contributed by atoms with E-state index in [0.29, 0.717) is 6.42 Å². The quantitative estimate of drug-likeness (QED) is 0.496. The van der Waals surface area contributed by atoms with E-state index in [1.54, 1.807) is 0 Å². The summed E-state index contributed by atoms with van der Waals surface area (Å²) in [4.78, 5) is 16.6. The third-order valence-corrected chi connectivity index (χ3v) is 4.67. The van der Waals surface area contributed by atoms with Crippen molar-refractivity contribution in [3.63, 3.8) is 0 Å². The SMILES string of the molecule is COC(=O)Cn1c(Cc2ccc(-c3ccccc3)cc2)nc2ccccc21. The van der Waals surface area contributed by atoms with Gasteiger partial charge in [-0.1, -0.05) is 66.7 Å². The lowest BCUT2D eigenvalue weighted by Gasteiger charge is -2.09. The number of ether oxygens (including phenoxy) is 1. The van der Waals surface area contributed by atoms with Crippen LogP contribution in [0.1, 0.15) is 11.4 Å². The highest BCUT2D eigenvalue weighted by molar-refractivity contribution is 5.79. The van der Waals surface area contributed by atoms with E-state index < -0.39 is 0 Å². The smallest absolute Gasteiger partial charge is 0.325 e. The van der Waals surface area contributed by atoms with Crippen molar-refractivity contribution in [2.24, 2.45) is 0 Å². The molecule has 3 aromatic carbocycles. The van der Waals surface area contributed by atoms with E-state index in [9.17, 15) is 4.79 Å². The molecule has 4 nitrogen and oxygen atoms in total. The minimum atomic E-state index is -0.279. The van der Waals surface area contributed by atoms with Gasteiger partial charge < -0.3 is 9.30 Å². The van der Waals surface area contributed by atoms with Crippen LogP contribution < -0.4 is 0 Å². The highest BCUT2D eigenvalue weighted by atomic mass is 16.5. The van der Waals surface area contributed by atoms with E-state index in [1.165, 1.54) is 18.2 Å². The summed E-state index contributed by atoms with van der Waals surface area (Å²) in [6, 6.07) is 26.6. The van der Waals surface area contributed by atoms with Gasteiger partial charge in [-0.25, -0.2) is 4.98 Å². The van der Waals surface area contributed by atoms with Gasteiger partial charge in [0.25, 0.3) is 0 Å². The fourth-order valence-corrected chi connectivity index (χ4v) is 3.26. The number of methoxy groups -OCH3 is 1. The molecule has 0 unspecified atom stereocenters. The number of carbonyl (C=O) groups is 1. The van der Waals surface area contributed by atoms with Crippen LogP contribution in [-0.2, 0) is 22.5 Å². The molecule has 0 spiro atoms. The maximum Gasteiger partial charge on any atom is 0.325 e. The number of hydrogen-bond donors (Lipinski definition) is 0. The molecule has 27 heavy (non-hydrogen) atoms. The van der Waals surface area contributed by atoms with Crippen LogP contribution in [0.3, 0.4) is 0 Å². The maximum absolute atomic E-state index is 11.9. The molecule has 0 aliphatic heterocycles. The van der Waals surface area contributed by atoms with Gasteiger partial charge in [0.15, 0.2) is 0 Å². The highest BCUT2D eigenvalue weighted by Gasteiger charge is 2.14. The first-order chi connectivity index (χ1) is 13.2. The van der Waals surface area contributed by atoms with E-state index in [-0.39, 0.29) is 12.5 Å². The summed E-state index contributed by atoms with van der Waals surface area (Å²) in [5.41, 5.74) is 5.36. The van der Waals surface area contributed by atoms with Gasteiger partial charge in [0, 0.05) is 6.42 Å². The number of nitrogens with zero attached hydrogens (tertiary/aromatic N) is 2. The van der Waals surface area contributed by atoms with Crippen LogP contribution in [0.5, 0.6) is 0 Å². The number of fused-ring (bicyclic) bond motifs is 1. The molecule has 0 amide bonds. The first kappa shape index (κ1) is 17.0. The first-order valence-electron chi connectivity index (χ1n) is 8.90. The number of esters is 1. The summed E-state index contributed by atoms with van der Waals surface area (Å²) in [5, 5.41) is 0. The zero-order valence-electron chi connectivity index (χ0n) is 15.1. The molecule has 0 bridgehead atoms. The molecule has 0 N–H and O–H groups in total. The summed E-state index contributed by atoms with van der Waals surface area (Å²) in [6.07, 6.45) is 0.654. The van der Waals surface area contributed by atoms with E-state index in [1.807, 2.05) is 47.0 Å². The number of aromatic nitrogens is 2. The molecule has 134 valence electrons. The van der Waals surface area contributed by atoms with Gasteiger partial charge in [-0.05, 0) is 28.8 Å². The van der Waals surface area contributed by atoms with Crippen LogP contribution >= 0.6 is 0 Å². The second-order valence-electron chi connectivity index (χ2n) is 6.42. The second-order valence-corrected chi connectivity index (χ2v) is 6.42. The minimum absolute atomic E-state index is 0.161. The number of rotatable bonds is 5. The normalized spacial score (nSPS) is 10.9. The van der Waals surface area contributed by atoms with Crippen LogP contribution in [0, 0.1) is 0 Å². The van der Waals surface area contributed by atoms with E-state index in [2.05, 4.69) is 36.4 Å². The molecular weight excluding hydrogens is 336 g/mol. The van der Waals surface area contributed by atoms with Gasteiger partial charge in [0.2, 0.25) is 0 Å². The molecule has 0 saturated heterocycles. The molecule has 1 aromatic heterocycles. The topological polar surface area (TPSA) is 44.1 Å². The predicted octanol–water partition coefficient (Wildman–Crippen LogP) is 4.47. The van der Waals surface area contributed by atoms with Crippen LogP contribution in [0.4, 0.5) is 0 Å². The van der Waals surface area contributed by atoms with Crippen molar-refractivity contribution >= 4 is 17.0 Å². The summed E-state index contributed by atoms with van der Waals surface area (Å²) in [6.45, 7) is 0.161. The summed E-state index contributed by atoms with van der Waals surface area (Å²) in [5.74, 6) is 0.577. The fraction of sp³-hybridized carbons (Fsp3) is 0.130. The zero-order valence-corrected chi connectivity index (χ0v) is 15.1. The maximum atomic E-state index is 11.9. The molecule has 0 saturated carbocycles. The molecular formula is C23H20N2O2. The Bertz CT molecular complexity index is 1070. The van der Waals surface area contributed by atoms with E-state index in [0.717, 1.165) is 22.4 Å². The summed E-state index contributed by atoms with van der Waals surface area (Å²) < 4.78 is 6.79. The molecule has 0 aliphatic rings. The lowest BCUT2D eigenvalue weighted by atomic mass is 10.0. The Kier molecular flexibility index (Phi) is 4.71. The Balaban J connectivity index is 1.65. The fourth-order valence-electron chi connectivity index (χ4n) is 3.26. The summed E-state index contributed by atoms with van der Waals surface area (Å²) in [7, 11) is 1.41. The highest BCUT2D eigenvalue weighted by Crippen LogP contribution is 2.22. The Morgan fingerprint density at radius 1 is 0.889 bits per heavy atom. The monoisotopic (exact) mass is 356 g/mol. The van der Waals surface area contributed by atoms with Gasteiger partial charge in [-0.15, -0.1) is 0 Å². The standard InChI is InChI=1S/C23H20N2O2/c1-27-23(26)16-25-21-10-6-5-9-20(21)24-22(25)15-17-11-13-19(14-12-17)18-7-3-2-4-8-18/h2-14H,15-16H2,1H3. The third-order valence-electron chi connectivity index (χ3n) is 4.67. The van der Waals surface area contributed by atoms with Crippen molar-refractivity contribution in [3.8, 4) is 11.1 Å². The zero-order chi connectivity index (χ0) is 18.6. The molecule has 0 fully saturated rings. The second kappa shape index (κ2) is 7.46. The molecule has 0 radical (unpaired) electrons. The summed E-state index contributed by atoms with van der Waals surface area (Å²) >= 11 is 0. The number of benzene rings is 3. The lowest BCUT2D eigenvalue weighted by molar-refractivity contribution is -0.141. The predicted molar refractivity (Wildman–Crippen MR) is 106 cm³/mol. The van der Waals surface area contributed by atoms with E-state index >= 15 is 0 Å². The Morgan fingerprint density at radius 3 is 2.30 bits per heavy atom. The van der Waals surface area contributed by atoms with Gasteiger partial charge in [0.1, 0.15) is 12.4 Å². The Morgan fingerprint density at radius 2 is 1.56 bits per heavy atom. The van der Waals surface area contributed by atoms with Crippen molar-refractivity contribution in [2.75, 3.05) is 7.11 Å². The molecule has 0 atom stereocenters. The Labute approximate surface area is 158 Å². The van der Waals surface area contributed by atoms with Gasteiger partial charge in [-0.3, -0.25) is 4.79 Å². The van der Waals surface area contributed by atoms with E-state index in [4.69, 9.17) is 9.72 Å². The Hall–Kier alpha value is -3.40. The average Bonchev–Trinajstić information content (AvgIpc) is 3.06. The number of para-hydroxylation sites is 2. The van der Waals surface area contributed by atoms with Gasteiger partial charge in [0.05, 0.1) is 18.1 Å². The van der Waals surface area contributed by atoms with Crippen molar-refractivity contribution in [1.82, 2.24) is 9.55 Å². The first-order valence-corrected chi connectivity index (χ1v) is 8.90. The van der Waals surface area contributed by atoms with Crippen LogP contribution in [-0.4, -0.2) is 22.6 Å². The minimum Gasteiger partial charge on any atom is -0.468 e. The molecule has 4 aromatic rings.